The zero-order chi connectivity index (χ0) is 21.9. The number of ether oxygens (including phenoxy) is 2. The number of rotatable bonds is 6. The summed E-state index contributed by atoms with van der Waals surface area (Å²) in [5.74, 6) is -3.86. The molecule has 1 atom stereocenters. The Morgan fingerprint density at radius 2 is 1.55 bits per heavy atom. The van der Waals surface area contributed by atoms with Crippen LogP contribution in [0.1, 0.15) is 39.2 Å². The van der Waals surface area contributed by atoms with Crippen LogP contribution in [0.15, 0.2) is 30.3 Å². The van der Waals surface area contributed by atoms with E-state index >= 15 is 0 Å². The van der Waals surface area contributed by atoms with E-state index < -0.39 is 44.7 Å². The number of benzene rings is 2. The van der Waals surface area contributed by atoms with Crippen molar-refractivity contribution in [1.82, 2.24) is 0 Å². The fourth-order valence-corrected chi connectivity index (χ4v) is 2.89. The Hall–Kier alpha value is -3.56. The van der Waals surface area contributed by atoms with Crippen LogP contribution in [-0.2, 0) is 19.1 Å². The third-order valence-electron chi connectivity index (χ3n) is 3.89. The van der Waals surface area contributed by atoms with Crippen molar-refractivity contribution >= 4 is 34.1 Å². The summed E-state index contributed by atoms with van der Waals surface area (Å²) in [5.41, 5.74) is -2.53. The van der Waals surface area contributed by atoms with Gasteiger partial charge in [0.2, 0.25) is 0 Å². The van der Waals surface area contributed by atoms with Crippen LogP contribution in [-0.4, -0.2) is 34.0 Å². The van der Waals surface area contributed by atoms with Crippen molar-refractivity contribution < 1.29 is 28.9 Å². The number of carbonyl (C=O) groups is 2. The molecule has 0 saturated heterocycles. The molecule has 0 aliphatic heterocycles. The first-order valence-electron chi connectivity index (χ1n) is 8.71. The first-order valence-corrected chi connectivity index (χ1v) is 8.71. The van der Waals surface area contributed by atoms with Crippen LogP contribution in [0.2, 0.25) is 0 Å². The lowest BCUT2D eigenvalue weighted by molar-refractivity contribution is -0.393. The average molecular weight is 404 g/mol. The van der Waals surface area contributed by atoms with Crippen molar-refractivity contribution in [3.8, 4) is 0 Å². The molecule has 10 heteroatoms. The van der Waals surface area contributed by atoms with E-state index in [0.29, 0.717) is 0 Å². The molecule has 0 fully saturated rings. The molecule has 0 aromatic heterocycles. The minimum atomic E-state index is -1.78. The quantitative estimate of drug-likeness (QED) is 0.308. The van der Waals surface area contributed by atoms with Gasteiger partial charge in [0.15, 0.2) is 5.92 Å². The van der Waals surface area contributed by atoms with Gasteiger partial charge in [0.05, 0.1) is 33.5 Å². The Morgan fingerprint density at radius 3 is 2.03 bits per heavy atom. The van der Waals surface area contributed by atoms with Crippen molar-refractivity contribution in [2.75, 3.05) is 6.61 Å². The number of hydrogen-bond acceptors (Lipinski definition) is 8. The smallest absolute Gasteiger partial charge is 0.325 e. The fourth-order valence-electron chi connectivity index (χ4n) is 2.89. The molecular weight excluding hydrogens is 384 g/mol. The average Bonchev–Trinajstić information content (AvgIpc) is 2.60. The first kappa shape index (κ1) is 21.7. The van der Waals surface area contributed by atoms with E-state index in [1.807, 2.05) is 0 Å². The lowest BCUT2D eigenvalue weighted by Crippen LogP contribution is -2.33. The van der Waals surface area contributed by atoms with Crippen LogP contribution in [0.4, 0.5) is 11.4 Å². The summed E-state index contributed by atoms with van der Waals surface area (Å²) in [5, 5.41) is 23.2. The fraction of sp³-hybridized carbons (Fsp3) is 0.368. The van der Waals surface area contributed by atoms with Gasteiger partial charge in [0.1, 0.15) is 5.60 Å². The molecule has 0 aliphatic rings. The number of esters is 2. The van der Waals surface area contributed by atoms with Crippen molar-refractivity contribution in [1.29, 1.82) is 0 Å². The molecule has 0 heterocycles. The molecule has 0 N–H and O–H groups in total. The Kier molecular flexibility index (Phi) is 6.15. The zero-order valence-corrected chi connectivity index (χ0v) is 16.3. The number of non-ortho nitro benzene ring substituents is 1. The van der Waals surface area contributed by atoms with Crippen LogP contribution in [0, 0.1) is 20.2 Å². The summed E-state index contributed by atoms with van der Waals surface area (Å²) < 4.78 is 10.2. The Bertz CT molecular complexity index is 994. The molecule has 0 amide bonds. The summed E-state index contributed by atoms with van der Waals surface area (Å²) in [6.45, 7) is 6.18. The first-order chi connectivity index (χ1) is 13.5. The van der Waals surface area contributed by atoms with Gasteiger partial charge in [-0.05, 0) is 33.8 Å². The predicted molar refractivity (Wildman–Crippen MR) is 102 cm³/mol. The van der Waals surface area contributed by atoms with E-state index in [1.165, 1.54) is 31.2 Å². The maximum Gasteiger partial charge on any atom is 0.325 e. The van der Waals surface area contributed by atoms with Gasteiger partial charge in [-0.1, -0.05) is 18.2 Å². The molecule has 29 heavy (non-hydrogen) atoms. The van der Waals surface area contributed by atoms with Gasteiger partial charge in [-0.2, -0.15) is 0 Å². The molecule has 1 unspecified atom stereocenters. The molecule has 10 nitrogen and oxygen atoms in total. The number of hydrogen-bond donors (Lipinski definition) is 0. The van der Waals surface area contributed by atoms with Gasteiger partial charge in [0.25, 0.3) is 11.4 Å². The summed E-state index contributed by atoms with van der Waals surface area (Å²) in [7, 11) is 0. The summed E-state index contributed by atoms with van der Waals surface area (Å²) >= 11 is 0. The van der Waals surface area contributed by atoms with Gasteiger partial charge in [-0.3, -0.25) is 29.8 Å². The molecule has 0 spiro atoms. The highest BCUT2D eigenvalue weighted by atomic mass is 16.6. The monoisotopic (exact) mass is 404 g/mol. The normalized spacial score (nSPS) is 12.3. The molecule has 2 aromatic rings. The van der Waals surface area contributed by atoms with Crippen LogP contribution in [0.3, 0.4) is 0 Å². The van der Waals surface area contributed by atoms with E-state index in [2.05, 4.69) is 0 Å². The van der Waals surface area contributed by atoms with Gasteiger partial charge in [-0.25, -0.2) is 0 Å². The van der Waals surface area contributed by atoms with Gasteiger partial charge in [-0.15, -0.1) is 0 Å². The second-order valence-corrected chi connectivity index (χ2v) is 7.11. The number of fused-ring (bicyclic) bond motifs is 1. The molecular formula is C19H20N2O8. The minimum Gasteiger partial charge on any atom is -0.465 e. The Labute approximate surface area is 165 Å². The topological polar surface area (TPSA) is 139 Å². The molecule has 154 valence electrons. The highest BCUT2D eigenvalue weighted by Crippen LogP contribution is 2.40. The number of nitro benzene ring substituents is 2. The van der Waals surface area contributed by atoms with Crippen LogP contribution in [0.25, 0.3) is 10.8 Å². The predicted octanol–water partition coefficient (Wildman–Crippen LogP) is 3.64. The molecule has 0 aliphatic carbocycles. The van der Waals surface area contributed by atoms with E-state index in [4.69, 9.17) is 9.47 Å². The number of carbonyl (C=O) groups excluding carboxylic acids is 2. The Morgan fingerprint density at radius 1 is 1.00 bits per heavy atom. The second-order valence-electron chi connectivity index (χ2n) is 7.11. The van der Waals surface area contributed by atoms with E-state index in [9.17, 15) is 29.8 Å². The summed E-state index contributed by atoms with van der Waals surface area (Å²) in [4.78, 5) is 47.0. The lowest BCUT2D eigenvalue weighted by atomic mass is 9.90. The standard InChI is InChI=1S/C19H20N2O8/c1-5-28-17(22)16(18(23)29-19(2,3)4)15-12-9-7-6-8-11(12)13(20(24)25)10-14(15)21(26)27/h6-10,16H,5H2,1-4H3. The molecule has 2 rings (SSSR count). The van der Waals surface area contributed by atoms with Crippen molar-refractivity contribution in [3.63, 3.8) is 0 Å². The van der Waals surface area contributed by atoms with Gasteiger partial charge in [0, 0.05) is 5.39 Å². The molecule has 0 saturated carbocycles. The number of nitro groups is 2. The molecule has 0 bridgehead atoms. The van der Waals surface area contributed by atoms with Gasteiger partial charge >= 0.3 is 11.9 Å². The van der Waals surface area contributed by atoms with Crippen LogP contribution < -0.4 is 0 Å². The third-order valence-corrected chi connectivity index (χ3v) is 3.89. The lowest BCUT2D eigenvalue weighted by Gasteiger charge is -2.23. The summed E-state index contributed by atoms with van der Waals surface area (Å²) in [6.07, 6.45) is 0. The molecule has 0 radical (unpaired) electrons. The van der Waals surface area contributed by atoms with Gasteiger partial charge < -0.3 is 9.47 Å². The minimum absolute atomic E-state index is 0.0253. The van der Waals surface area contributed by atoms with E-state index in [-0.39, 0.29) is 22.9 Å². The SMILES string of the molecule is CCOC(=O)C(C(=O)OC(C)(C)C)c1c([N+](=O)[O-])cc([N+](=O)[O-])c2ccccc12. The van der Waals surface area contributed by atoms with Crippen molar-refractivity contribution in [2.45, 2.75) is 39.2 Å². The van der Waals surface area contributed by atoms with Crippen LogP contribution >= 0.6 is 0 Å². The second kappa shape index (κ2) is 8.21. The van der Waals surface area contributed by atoms with Crippen molar-refractivity contribution in [2.24, 2.45) is 0 Å². The highest BCUT2D eigenvalue weighted by molar-refractivity contribution is 6.08. The van der Waals surface area contributed by atoms with Crippen LogP contribution in [0.5, 0.6) is 0 Å². The maximum absolute atomic E-state index is 12.8. The van der Waals surface area contributed by atoms with E-state index in [1.54, 1.807) is 20.8 Å². The van der Waals surface area contributed by atoms with E-state index in [0.717, 1.165) is 6.07 Å². The summed E-state index contributed by atoms with van der Waals surface area (Å²) in [6, 6.07) is 6.52. The molecule has 2 aromatic carbocycles. The van der Waals surface area contributed by atoms with Crippen molar-refractivity contribution in [3.05, 3.63) is 56.1 Å². The number of nitrogens with zero attached hydrogens (tertiary/aromatic N) is 2. The zero-order valence-electron chi connectivity index (χ0n) is 16.3. The maximum atomic E-state index is 12.8. The largest absolute Gasteiger partial charge is 0.465 e. The Balaban J connectivity index is 2.90. The third kappa shape index (κ3) is 4.65. The highest BCUT2D eigenvalue weighted by Gasteiger charge is 2.41.